The molecule has 0 spiro atoms. The van der Waals surface area contributed by atoms with Gasteiger partial charge in [0.1, 0.15) is 0 Å². The molecule has 1 saturated carbocycles. The number of alkyl halides is 3. The van der Waals surface area contributed by atoms with E-state index in [-0.39, 0.29) is 17.6 Å². The molecule has 0 aromatic heterocycles. The number of carbonyl (C=O) groups excluding carboxylic acids is 1. The van der Waals surface area contributed by atoms with Gasteiger partial charge in [0.15, 0.2) is 0 Å². The highest BCUT2D eigenvalue weighted by molar-refractivity contribution is 9.10. The van der Waals surface area contributed by atoms with Gasteiger partial charge in [-0.25, -0.2) is 0 Å². The Bertz CT molecular complexity index is 542. The minimum absolute atomic E-state index is 0.0374. The number of hydrogen-bond donors (Lipinski definition) is 2. The average Bonchev–Trinajstić information content (AvgIpc) is 3.16. The molecule has 0 saturated heterocycles. The van der Waals surface area contributed by atoms with Gasteiger partial charge in [-0.15, -0.1) is 0 Å². The van der Waals surface area contributed by atoms with E-state index in [4.69, 9.17) is 5.11 Å². The Balaban J connectivity index is 2.08. The molecule has 2 N–H and O–H groups in total. The molecule has 116 valence electrons. The number of carbonyl (C=O) groups is 1. The Labute approximate surface area is 128 Å². The van der Waals surface area contributed by atoms with E-state index in [2.05, 4.69) is 21.2 Å². The average molecular weight is 366 g/mol. The molecule has 0 bridgehead atoms. The summed E-state index contributed by atoms with van der Waals surface area (Å²) in [5.41, 5.74) is -0.976. The maximum Gasteiger partial charge on any atom is 0.416 e. The quantitative estimate of drug-likeness (QED) is 0.840. The summed E-state index contributed by atoms with van der Waals surface area (Å²) in [6, 6.07) is 2.98. The van der Waals surface area contributed by atoms with Crippen molar-refractivity contribution in [3.05, 3.63) is 33.8 Å². The molecule has 0 radical (unpaired) electrons. The second-order valence-electron chi connectivity index (χ2n) is 5.35. The molecule has 1 aromatic carbocycles. The van der Waals surface area contributed by atoms with E-state index < -0.39 is 17.6 Å². The summed E-state index contributed by atoms with van der Waals surface area (Å²) >= 11 is 3.10. The molecule has 0 aliphatic heterocycles. The fraction of sp³-hybridized carbons (Fsp3) is 0.500. The van der Waals surface area contributed by atoms with Crippen molar-refractivity contribution in [2.24, 2.45) is 5.41 Å². The number of aliphatic hydroxyl groups is 1. The summed E-state index contributed by atoms with van der Waals surface area (Å²) in [6.07, 6.45) is -2.06. The summed E-state index contributed by atoms with van der Waals surface area (Å²) in [4.78, 5) is 12.1. The van der Waals surface area contributed by atoms with Crippen molar-refractivity contribution >= 4 is 21.8 Å². The lowest BCUT2D eigenvalue weighted by atomic mass is 10.0. The van der Waals surface area contributed by atoms with Gasteiger partial charge in [0, 0.05) is 17.6 Å². The molecule has 1 fully saturated rings. The van der Waals surface area contributed by atoms with Crippen LogP contribution in [0.25, 0.3) is 0 Å². The Kier molecular flexibility index (Phi) is 4.63. The van der Waals surface area contributed by atoms with E-state index in [0.717, 1.165) is 25.0 Å². The number of nitrogens with one attached hydrogen (secondary N) is 1. The van der Waals surface area contributed by atoms with Crippen LogP contribution in [0.3, 0.4) is 0 Å². The maximum atomic E-state index is 12.7. The highest BCUT2D eigenvalue weighted by Gasteiger charge is 2.42. The first-order valence-electron chi connectivity index (χ1n) is 6.53. The van der Waals surface area contributed by atoms with E-state index >= 15 is 0 Å². The molecule has 7 heteroatoms. The van der Waals surface area contributed by atoms with Crippen LogP contribution in [-0.2, 0) is 6.18 Å². The third-order valence-corrected chi connectivity index (χ3v) is 4.45. The van der Waals surface area contributed by atoms with Crippen molar-refractivity contribution < 1.29 is 23.1 Å². The minimum atomic E-state index is -4.48. The second kappa shape index (κ2) is 5.96. The highest BCUT2D eigenvalue weighted by Crippen LogP contribution is 2.48. The first-order valence-corrected chi connectivity index (χ1v) is 7.33. The van der Waals surface area contributed by atoms with Crippen LogP contribution in [0.1, 0.15) is 35.2 Å². The number of aliphatic hydroxyl groups excluding tert-OH is 1. The van der Waals surface area contributed by atoms with Crippen LogP contribution < -0.4 is 5.32 Å². The fourth-order valence-electron chi connectivity index (χ4n) is 2.17. The zero-order valence-corrected chi connectivity index (χ0v) is 12.7. The van der Waals surface area contributed by atoms with Gasteiger partial charge in [0.05, 0.1) is 11.1 Å². The monoisotopic (exact) mass is 365 g/mol. The van der Waals surface area contributed by atoms with Gasteiger partial charge in [0.2, 0.25) is 0 Å². The summed E-state index contributed by atoms with van der Waals surface area (Å²) < 4.78 is 38.3. The lowest BCUT2D eigenvalue weighted by molar-refractivity contribution is -0.137. The Hall–Kier alpha value is -1.08. The Morgan fingerprint density at radius 1 is 1.38 bits per heavy atom. The minimum Gasteiger partial charge on any atom is -0.396 e. The number of benzene rings is 1. The number of hydrogen-bond acceptors (Lipinski definition) is 2. The molecule has 0 unspecified atom stereocenters. The van der Waals surface area contributed by atoms with E-state index in [1.165, 1.54) is 6.07 Å². The molecule has 1 amide bonds. The van der Waals surface area contributed by atoms with Crippen LogP contribution in [0.15, 0.2) is 22.7 Å². The highest BCUT2D eigenvalue weighted by atomic mass is 79.9. The van der Waals surface area contributed by atoms with Gasteiger partial charge in [-0.05, 0) is 58.8 Å². The van der Waals surface area contributed by atoms with Crippen LogP contribution in [-0.4, -0.2) is 24.2 Å². The van der Waals surface area contributed by atoms with Crippen molar-refractivity contribution in [3.8, 4) is 0 Å². The van der Waals surface area contributed by atoms with Crippen LogP contribution in [0.4, 0.5) is 13.2 Å². The van der Waals surface area contributed by atoms with Crippen LogP contribution in [0.2, 0.25) is 0 Å². The maximum absolute atomic E-state index is 12.7. The van der Waals surface area contributed by atoms with Crippen LogP contribution in [0.5, 0.6) is 0 Å². The molecule has 1 aliphatic rings. The zero-order valence-electron chi connectivity index (χ0n) is 11.1. The molecule has 0 atom stereocenters. The van der Waals surface area contributed by atoms with Crippen molar-refractivity contribution in [3.63, 3.8) is 0 Å². The first-order chi connectivity index (χ1) is 9.77. The number of rotatable bonds is 5. The predicted molar refractivity (Wildman–Crippen MR) is 74.8 cm³/mol. The lowest BCUT2D eigenvalue weighted by Crippen LogP contribution is -2.31. The standard InChI is InChI=1S/C14H15BrF3NO2/c15-11-2-1-9(14(16,17)18)7-10(11)12(21)19-8-13(3-4-13)5-6-20/h1-2,7,20H,3-6,8H2,(H,19,21). The van der Waals surface area contributed by atoms with Gasteiger partial charge in [-0.3, -0.25) is 4.79 Å². The third kappa shape index (κ3) is 3.97. The van der Waals surface area contributed by atoms with E-state index in [9.17, 15) is 18.0 Å². The lowest BCUT2D eigenvalue weighted by Gasteiger charge is -2.16. The summed E-state index contributed by atoms with van der Waals surface area (Å²) in [5, 5.41) is 11.6. The smallest absolute Gasteiger partial charge is 0.396 e. The predicted octanol–water partition coefficient (Wildman–Crippen LogP) is 3.36. The number of amides is 1. The number of halogens is 4. The fourth-order valence-corrected chi connectivity index (χ4v) is 2.59. The molecule has 0 heterocycles. The normalized spacial score (nSPS) is 16.6. The van der Waals surface area contributed by atoms with Gasteiger partial charge in [-0.1, -0.05) is 0 Å². The Morgan fingerprint density at radius 3 is 2.57 bits per heavy atom. The van der Waals surface area contributed by atoms with Crippen LogP contribution in [0, 0.1) is 5.41 Å². The third-order valence-electron chi connectivity index (χ3n) is 3.76. The van der Waals surface area contributed by atoms with Gasteiger partial charge in [0.25, 0.3) is 5.91 Å². The molecular formula is C14H15BrF3NO2. The van der Waals surface area contributed by atoms with E-state index in [1.54, 1.807) is 0 Å². The van der Waals surface area contributed by atoms with Crippen molar-refractivity contribution in [1.82, 2.24) is 5.32 Å². The van der Waals surface area contributed by atoms with Crippen molar-refractivity contribution in [2.45, 2.75) is 25.4 Å². The van der Waals surface area contributed by atoms with Crippen LogP contribution >= 0.6 is 15.9 Å². The largest absolute Gasteiger partial charge is 0.416 e. The van der Waals surface area contributed by atoms with Gasteiger partial charge >= 0.3 is 6.18 Å². The van der Waals surface area contributed by atoms with Crippen molar-refractivity contribution in [1.29, 1.82) is 0 Å². The van der Waals surface area contributed by atoms with Gasteiger partial charge < -0.3 is 10.4 Å². The first kappa shape index (κ1) is 16.3. The zero-order chi connectivity index (χ0) is 15.7. The molecule has 1 aliphatic carbocycles. The summed E-state index contributed by atoms with van der Waals surface area (Å²) in [6.45, 7) is 0.415. The van der Waals surface area contributed by atoms with E-state index in [0.29, 0.717) is 17.4 Å². The molecule has 2 rings (SSSR count). The summed E-state index contributed by atoms with van der Waals surface area (Å²) in [7, 11) is 0. The topological polar surface area (TPSA) is 49.3 Å². The Morgan fingerprint density at radius 2 is 2.05 bits per heavy atom. The molecular weight excluding hydrogens is 351 g/mol. The van der Waals surface area contributed by atoms with Gasteiger partial charge in [-0.2, -0.15) is 13.2 Å². The van der Waals surface area contributed by atoms with Crippen molar-refractivity contribution in [2.75, 3.05) is 13.2 Å². The second-order valence-corrected chi connectivity index (χ2v) is 6.20. The van der Waals surface area contributed by atoms with E-state index in [1.807, 2.05) is 0 Å². The summed E-state index contributed by atoms with van der Waals surface area (Å²) in [5.74, 6) is -0.544. The SMILES string of the molecule is O=C(NCC1(CCO)CC1)c1cc(C(F)(F)F)ccc1Br. The molecule has 1 aromatic rings. The molecule has 3 nitrogen and oxygen atoms in total. The molecule has 21 heavy (non-hydrogen) atoms.